The Kier molecular flexibility index (Phi) is 6.85. The Morgan fingerprint density at radius 1 is 1.50 bits per heavy atom. The zero-order valence-electron chi connectivity index (χ0n) is 11.0. The Labute approximate surface area is 118 Å². The zero-order valence-corrected chi connectivity index (χ0v) is 12.6. The molecule has 1 unspecified atom stereocenters. The molecule has 0 radical (unpaired) electrons. The van der Waals surface area contributed by atoms with Crippen LogP contribution in [0.4, 0.5) is 0 Å². The molecule has 0 fully saturated rings. The van der Waals surface area contributed by atoms with E-state index in [1.54, 1.807) is 0 Å². The van der Waals surface area contributed by atoms with E-state index in [2.05, 4.69) is 47.1 Å². The van der Waals surface area contributed by atoms with Crippen molar-refractivity contribution in [2.75, 3.05) is 13.2 Å². The molecule has 0 aliphatic rings. The van der Waals surface area contributed by atoms with Gasteiger partial charge in [0.15, 0.2) is 0 Å². The van der Waals surface area contributed by atoms with Gasteiger partial charge in [-0.15, -0.1) is 6.42 Å². The van der Waals surface area contributed by atoms with Gasteiger partial charge in [-0.1, -0.05) is 42.1 Å². The average molecular weight is 310 g/mol. The Morgan fingerprint density at radius 3 is 2.94 bits per heavy atom. The number of rotatable bonds is 7. The Hall–Kier alpha value is -0.980. The lowest BCUT2D eigenvalue weighted by molar-refractivity contribution is 0.364. The van der Waals surface area contributed by atoms with Crippen molar-refractivity contribution in [1.82, 2.24) is 5.32 Å². The highest BCUT2D eigenvalue weighted by Crippen LogP contribution is 2.23. The van der Waals surface area contributed by atoms with Crippen molar-refractivity contribution in [1.29, 1.82) is 0 Å². The van der Waals surface area contributed by atoms with Crippen LogP contribution in [-0.2, 0) is 6.54 Å². The number of benzene rings is 1. The molecule has 1 N–H and O–H groups in total. The molecular formula is C15H20BrNO. The Bertz CT molecular complexity index is 411. The summed E-state index contributed by atoms with van der Waals surface area (Å²) >= 11 is 3.48. The molecule has 18 heavy (non-hydrogen) atoms. The number of hydrogen-bond donors (Lipinski definition) is 1. The summed E-state index contributed by atoms with van der Waals surface area (Å²) in [7, 11) is 0. The van der Waals surface area contributed by atoms with Crippen LogP contribution in [0, 0.1) is 18.3 Å². The third-order valence-electron chi connectivity index (χ3n) is 2.84. The van der Waals surface area contributed by atoms with Gasteiger partial charge in [-0.2, -0.15) is 0 Å². The van der Waals surface area contributed by atoms with E-state index in [0.717, 1.165) is 28.9 Å². The van der Waals surface area contributed by atoms with Gasteiger partial charge in [0.2, 0.25) is 0 Å². The highest BCUT2D eigenvalue weighted by atomic mass is 79.9. The van der Waals surface area contributed by atoms with E-state index in [1.807, 2.05) is 12.1 Å². The van der Waals surface area contributed by atoms with E-state index >= 15 is 0 Å². The molecule has 3 heteroatoms. The van der Waals surface area contributed by atoms with Crippen molar-refractivity contribution in [3.63, 3.8) is 0 Å². The standard InChI is InChI=1S/C15H20BrNO/c1-4-8-18-15-7-6-14(16)9-13(15)11-17-10-12(3)5-2/h1,6-7,9,12,17H,5,8,10-11H2,2-3H3. The minimum atomic E-state index is 0.306. The Balaban J connectivity index is 2.61. The largest absolute Gasteiger partial charge is 0.481 e. The number of ether oxygens (including phenoxy) is 1. The molecule has 1 aromatic rings. The molecule has 1 aromatic carbocycles. The summed E-state index contributed by atoms with van der Waals surface area (Å²) in [5.74, 6) is 4.03. The van der Waals surface area contributed by atoms with Crippen LogP contribution in [0.15, 0.2) is 22.7 Å². The molecular weight excluding hydrogens is 290 g/mol. The molecule has 0 bridgehead atoms. The van der Waals surface area contributed by atoms with Gasteiger partial charge < -0.3 is 10.1 Å². The van der Waals surface area contributed by atoms with Crippen LogP contribution in [0.3, 0.4) is 0 Å². The first kappa shape index (κ1) is 15.1. The van der Waals surface area contributed by atoms with Gasteiger partial charge in [-0.05, 0) is 30.7 Å². The fraction of sp³-hybridized carbons (Fsp3) is 0.467. The van der Waals surface area contributed by atoms with Crippen LogP contribution in [0.1, 0.15) is 25.8 Å². The van der Waals surface area contributed by atoms with Gasteiger partial charge in [0.05, 0.1) is 0 Å². The third kappa shape index (κ3) is 5.12. The molecule has 0 aromatic heterocycles. The normalized spacial score (nSPS) is 11.9. The quantitative estimate of drug-likeness (QED) is 0.777. The van der Waals surface area contributed by atoms with Gasteiger partial charge in [0.1, 0.15) is 12.4 Å². The molecule has 1 atom stereocenters. The second-order valence-corrected chi connectivity index (χ2v) is 5.30. The molecule has 1 rings (SSSR count). The van der Waals surface area contributed by atoms with Crippen LogP contribution in [0.25, 0.3) is 0 Å². The van der Waals surface area contributed by atoms with Gasteiger partial charge >= 0.3 is 0 Å². The first-order valence-corrected chi connectivity index (χ1v) is 7.02. The van der Waals surface area contributed by atoms with Gasteiger partial charge in [0, 0.05) is 16.6 Å². The predicted molar refractivity (Wildman–Crippen MR) is 79.6 cm³/mol. The molecule has 2 nitrogen and oxygen atoms in total. The van der Waals surface area contributed by atoms with Crippen molar-refractivity contribution in [3.05, 3.63) is 28.2 Å². The first-order valence-electron chi connectivity index (χ1n) is 6.22. The number of nitrogens with one attached hydrogen (secondary N) is 1. The average Bonchev–Trinajstić information content (AvgIpc) is 2.37. The van der Waals surface area contributed by atoms with Crippen molar-refractivity contribution in [2.24, 2.45) is 5.92 Å². The summed E-state index contributed by atoms with van der Waals surface area (Å²) in [6, 6.07) is 5.97. The van der Waals surface area contributed by atoms with Crippen molar-refractivity contribution in [3.8, 4) is 18.1 Å². The van der Waals surface area contributed by atoms with Crippen molar-refractivity contribution in [2.45, 2.75) is 26.8 Å². The van der Waals surface area contributed by atoms with Gasteiger partial charge in [-0.25, -0.2) is 0 Å². The van der Waals surface area contributed by atoms with Gasteiger partial charge in [0.25, 0.3) is 0 Å². The highest BCUT2D eigenvalue weighted by molar-refractivity contribution is 9.10. The summed E-state index contributed by atoms with van der Waals surface area (Å²) in [4.78, 5) is 0. The maximum absolute atomic E-state index is 5.53. The highest BCUT2D eigenvalue weighted by Gasteiger charge is 2.05. The molecule has 0 aliphatic carbocycles. The topological polar surface area (TPSA) is 21.3 Å². The maximum atomic E-state index is 5.53. The summed E-state index contributed by atoms with van der Waals surface area (Å²) in [6.07, 6.45) is 6.40. The van der Waals surface area contributed by atoms with Crippen LogP contribution in [0.2, 0.25) is 0 Å². The molecule has 0 heterocycles. The lowest BCUT2D eigenvalue weighted by Gasteiger charge is -2.13. The lowest BCUT2D eigenvalue weighted by atomic mass is 10.1. The number of halogens is 1. The second kappa shape index (κ2) is 8.18. The third-order valence-corrected chi connectivity index (χ3v) is 3.33. The summed E-state index contributed by atoms with van der Waals surface area (Å²) in [5.41, 5.74) is 1.13. The molecule has 0 aliphatic heterocycles. The minimum Gasteiger partial charge on any atom is -0.481 e. The number of hydrogen-bond acceptors (Lipinski definition) is 2. The number of terminal acetylenes is 1. The van der Waals surface area contributed by atoms with E-state index in [1.165, 1.54) is 6.42 Å². The SMILES string of the molecule is C#CCOc1ccc(Br)cc1CNCC(C)CC. The van der Waals surface area contributed by atoms with E-state index in [4.69, 9.17) is 11.2 Å². The van der Waals surface area contributed by atoms with Crippen molar-refractivity contribution < 1.29 is 4.74 Å². The summed E-state index contributed by atoms with van der Waals surface area (Å²) in [6.45, 7) is 6.55. The molecule has 0 saturated carbocycles. The fourth-order valence-corrected chi connectivity index (χ4v) is 1.95. The minimum absolute atomic E-state index is 0.306. The van der Waals surface area contributed by atoms with Crippen molar-refractivity contribution >= 4 is 15.9 Å². The van der Waals surface area contributed by atoms with Crippen LogP contribution < -0.4 is 10.1 Å². The summed E-state index contributed by atoms with van der Waals surface area (Å²) in [5, 5.41) is 3.44. The molecule has 98 valence electrons. The van der Waals surface area contributed by atoms with E-state index in [0.29, 0.717) is 12.5 Å². The second-order valence-electron chi connectivity index (χ2n) is 4.39. The smallest absolute Gasteiger partial charge is 0.148 e. The molecule has 0 spiro atoms. The van der Waals surface area contributed by atoms with Gasteiger partial charge in [-0.3, -0.25) is 0 Å². The van der Waals surface area contributed by atoms with Crippen LogP contribution in [0.5, 0.6) is 5.75 Å². The zero-order chi connectivity index (χ0) is 13.4. The van der Waals surface area contributed by atoms with Crippen LogP contribution in [-0.4, -0.2) is 13.2 Å². The fourth-order valence-electron chi connectivity index (χ4n) is 1.54. The summed E-state index contributed by atoms with van der Waals surface area (Å²) < 4.78 is 6.58. The van der Waals surface area contributed by atoms with E-state index in [-0.39, 0.29) is 0 Å². The van der Waals surface area contributed by atoms with E-state index < -0.39 is 0 Å². The maximum Gasteiger partial charge on any atom is 0.148 e. The predicted octanol–water partition coefficient (Wildman–Crippen LogP) is 3.60. The lowest BCUT2D eigenvalue weighted by Crippen LogP contribution is -2.20. The molecule has 0 saturated heterocycles. The van der Waals surface area contributed by atoms with E-state index in [9.17, 15) is 0 Å². The van der Waals surface area contributed by atoms with Crippen LogP contribution >= 0.6 is 15.9 Å². The monoisotopic (exact) mass is 309 g/mol. The molecule has 0 amide bonds. The first-order chi connectivity index (χ1) is 8.67. The Morgan fingerprint density at radius 2 is 2.28 bits per heavy atom.